The molecule has 4 heteroatoms. The third kappa shape index (κ3) is 2.88. The van der Waals surface area contributed by atoms with Crippen LogP contribution in [0, 0.1) is 0 Å². The van der Waals surface area contributed by atoms with Crippen molar-refractivity contribution in [2.75, 3.05) is 12.4 Å². The second-order valence-electron chi connectivity index (χ2n) is 5.16. The van der Waals surface area contributed by atoms with Gasteiger partial charge in [-0.1, -0.05) is 23.7 Å². The minimum atomic E-state index is 0.508. The highest BCUT2D eigenvalue weighted by atomic mass is 35.5. The lowest BCUT2D eigenvalue weighted by atomic mass is 9.76. The molecule has 0 aliphatic heterocycles. The van der Waals surface area contributed by atoms with Crippen LogP contribution in [0.1, 0.15) is 24.3 Å². The fourth-order valence-electron chi connectivity index (χ4n) is 2.60. The van der Waals surface area contributed by atoms with Gasteiger partial charge in [0, 0.05) is 6.04 Å². The minimum absolute atomic E-state index is 0.508. The summed E-state index contributed by atoms with van der Waals surface area (Å²) in [6, 6.07) is 12.6. The molecule has 1 saturated carbocycles. The van der Waals surface area contributed by atoms with Crippen LogP contribution in [0.25, 0.3) is 0 Å². The summed E-state index contributed by atoms with van der Waals surface area (Å²) < 4.78 is 5.27. The highest BCUT2D eigenvalue weighted by molar-refractivity contribution is 6.29. The summed E-state index contributed by atoms with van der Waals surface area (Å²) in [6.07, 6.45) is 4.05. The van der Waals surface area contributed by atoms with Crippen LogP contribution >= 0.6 is 11.6 Å². The van der Waals surface area contributed by atoms with E-state index >= 15 is 0 Å². The molecule has 0 bridgehead atoms. The summed E-state index contributed by atoms with van der Waals surface area (Å²) in [6.45, 7) is 0. The molecule has 1 aromatic carbocycles. The van der Waals surface area contributed by atoms with Crippen molar-refractivity contribution in [1.29, 1.82) is 0 Å². The molecule has 3 rings (SSSR count). The number of ether oxygens (including phenoxy) is 1. The van der Waals surface area contributed by atoms with E-state index in [1.165, 1.54) is 5.56 Å². The van der Waals surface area contributed by atoms with Crippen molar-refractivity contribution < 1.29 is 4.74 Å². The smallest absolute Gasteiger partial charge is 0.129 e. The molecule has 3 nitrogen and oxygen atoms in total. The Hall–Kier alpha value is -1.74. The fraction of sp³-hybridized carbons (Fsp3) is 0.312. The number of methoxy groups -OCH3 is 1. The number of hydrogen-bond acceptors (Lipinski definition) is 3. The summed E-state index contributed by atoms with van der Waals surface area (Å²) in [5.41, 5.74) is 2.39. The summed E-state index contributed by atoms with van der Waals surface area (Å²) in [4.78, 5) is 4.08. The first-order chi connectivity index (χ1) is 9.74. The Bertz CT molecular complexity index is 579. The first-order valence-electron chi connectivity index (χ1n) is 6.76. The third-order valence-electron chi connectivity index (χ3n) is 3.80. The van der Waals surface area contributed by atoms with Crippen LogP contribution in [-0.2, 0) is 0 Å². The molecule has 1 N–H and O–H groups in total. The van der Waals surface area contributed by atoms with E-state index in [4.69, 9.17) is 16.3 Å². The van der Waals surface area contributed by atoms with Crippen LogP contribution < -0.4 is 10.1 Å². The van der Waals surface area contributed by atoms with Crippen LogP contribution in [0.5, 0.6) is 5.75 Å². The Labute approximate surface area is 123 Å². The highest BCUT2D eigenvalue weighted by Crippen LogP contribution is 2.39. The van der Waals surface area contributed by atoms with E-state index in [-0.39, 0.29) is 0 Å². The number of pyridine rings is 1. The number of nitrogens with one attached hydrogen (secondary N) is 1. The SMILES string of the molecule is COc1cccc(C2CC(Nc3ccc(Cl)nc3)C2)c1. The van der Waals surface area contributed by atoms with Crippen molar-refractivity contribution in [2.45, 2.75) is 24.8 Å². The quantitative estimate of drug-likeness (QED) is 0.860. The molecule has 20 heavy (non-hydrogen) atoms. The van der Waals surface area contributed by atoms with Crippen molar-refractivity contribution in [3.63, 3.8) is 0 Å². The van der Waals surface area contributed by atoms with Gasteiger partial charge in [-0.15, -0.1) is 0 Å². The number of nitrogens with zero attached hydrogens (tertiary/aromatic N) is 1. The second kappa shape index (κ2) is 5.71. The predicted octanol–water partition coefficient (Wildman–Crippen LogP) is 4.10. The van der Waals surface area contributed by atoms with Gasteiger partial charge < -0.3 is 10.1 Å². The largest absolute Gasteiger partial charge is 0.497 e. The average Bonchev–Trinajstić information content (AvgIpc) is 2.44. The topological polar surface area (TPSA) is 34.1 Å². The highest BCUT2D eigenvalue weighted by Gasteiger charge is 2.30. The Morgan fingerprint density at radius 3 is 2.80 bits per heavy atom. The van der Waals surface area contributed by atoms with E-state index in [9.17, 15) is 0 Å². The van der Waals surface area contributed by atoms with Gasteiger partial charge in [-0.05, 0) is 48.6 Å². The van der Waals surface area contributed by atoms with Crippen LogP contribution in [0.4, 0.5) is 5.69 Å². The number of rotatable bonds is 4. The van der Waals surface area contributed by atoms with Gasteiger partial charge in [-0.2, -0.15) is 0 Å². The van der Waals surface area contributed by atoms with Gasteiger partial charge in [0.15, 0.2) is 0 Å². The Balaban J connectivity index is 1.57. The Morgan fingerprint density at radius 2 is 2.10 bits per heavy atom. The van der Waals surface area contributed by atoms with E-state index in [0.29, 0.717) is 17.1 Å². The van der Waals surface area contributed by atoms with Crippen LogP contribution in [-0.4, -0.2) is 18.1 Å². The zero-order valence-corrected chi connectivity index (χ0v) is 12.1. The van der Waals surface area contributed by atoms with E-state index < -0.39 is 0 Å². The first kappa shape index (κ1) is 13.3. The molecule has 0 atom stereocenters. The van der Waals surface area contributed by atoms with Gasteiger partial charge in [-0.25, -0.2) is 4.98 Å². The molecular formula is C16H17ClN2O. The summed E-state index contributed by atoms with van der Waals surface area (Å²) in [5, 5.41) is 4.01. The maximum Gasteiger partial charge on any atom is 0.129 e. The molecule has 0 spiro atoms. The van der Waals surface area contributed by atoms with Gasteiger partial charge in [-0.3, -0.25) is 0 Å². The predicted molar refractivity (Wildman–Crippen MR) is 81.6 cm³/mol. The second-order valence-corrected chi connectivity index (χ2v) is 5.54. The maximum absolute atomic E-state index is 5.78. The molecule has 0 amide bonds. The summed E-state index contributed by atoms with van der Waals surface area (Å²) in [5.74, 6) is 1.55. The molecule has 0 radical (unpaired) electrons. The molecule has 1 fully saturated rings. The molecule has 104 valence electrons. The minimum Gasteiger partial charge on any atom is -0.497 e. The lowest BCUT2D eigenvalue weighted by Crippen LogP contribution is -2.34. The van der Waals surface area contributed by atoms with Crippen molar-refractivity contribution in [2.24, 2.45) is 0 Å². The molecule has 0 unspecified atom stereocenters. The zero-order chi connectivity index (χ0) is 13.9. The van der Waals surface area contributed by atoms with Gasteiger partial charge in [0.1, 0.15) is 10.9 Å². The van der Waals surface area contributed by atoms with Crippen molar-refractivity contribution in [1.82, 2.24) is 4.98 Å². The number of anilines is 1. The van der Waals surface area contributed by atoms with Crippen molar-refractivity contribution >= 4 is 17.3 Å². The normalized spacial score (nSPS) is 21.1. The van der Waals surface area contributed by atoms with Crippen molar-refractivity contribution in [3.8, 4) is 5.75 Å². The molecule has 0 saturated heterocycles. The Morgan fingerprint density at radius 1 is 1.25 bits per heavy atom. The average molecular weight is 289 g/mol. The third-order valence-corrected chi connectivity index (χ3v) is 4.03. The van der Waals surface area contributed by atoms with E-state index in [1.54, 1.807) is 13.3 Å². The lowest BCUT2D eigenvalue weighted by molar-refractivity contribution is 0.370. The number of halogens is 1. The van der Waals surface area contributed by atoms with Crippen LogP contribution in [0.15, 0.2) is 42.6 Å². The van der Waals surface area contributed by atoms with Crippen molar-refractivity contribution in [3.05, 3.63) is 53.3 Å². The molecule has 1 heterocycles. The lowest BCUT2D eigenvalue weighted by Gasteiger charge is -2.37. The van der Waals surface area contributed by atoms with E-state index in [2.05, 4.69) is 28.5 Å². The molecule has 2 aromatic rings. The Kier molecular flexibility index (Phi) is 3.79. The molecule has 1 aliphatic rings. The standard InChI is InChI=1S/C16H17ClN2O/c1-20-15-4-2-3-11(9-15)12-7-14(8-12)19-13-5-6-16(17)18-10-13/h2-6,9-10,12,14,19H,7-8H2,1H3. The van der Waals surface area contributed by atoms with Gasteiger partial charge in [0.05, 0.1) is 19.0 Å². The molecule has 1 aliphatic carbocycles. The van der Waals surface area contributed by atoms with Crippen LogP contribution in [0.3, 0.4) is 0 Å². The van der Waals surface area contributed by atoms with Gasteiger partial charge in [0.25, 0.3) is 0 Å². The van der Waals surface area contributed by atoms with Crippen LogP contribution in [0.2, 0.25) is 5.15 Å². The molecule has 1 aromatic heterocycles. The summed E-state index contributed by atoms with van der Waals surface area (Å²) >= 11 is 5.78. The zero-order valence-electron chi connectivity index (χ0n) is 11.3. The number of aromatic nitrogens is 1. The van der Waals surface area contributed by atoms with Gasteiger partial charge in [0.2, 0.25) is 0 Å². The summed E-state index contributed by atoms with van der Waals surface area (Å²) in [7, 11) is 1.71. The first-order valence-corrected chi connectivity index (χ1v) is 7.14. The maximum atomic E-state index is 5.78. The van der Waals surface area contributed by atoms with E-state index in [0.717, 1.165) is 24.3 Å². The van der Waals surface area contributed by atoms with Gasteiger partial charge >= 0.3 is 0 Å². The number of hydrogen-bond donors (Lipinski definition) is 1. The monoisotopic (exact) mass is 288 g/mol. The fourth-order valence-corrected chi connectivity index (χ4v) is 2.71. The van der Waals surface area contributed by atoms with E-state index in [1.807, 2.05) is 18.2 Å². The molecular weight excluding hydrogens is 272 g/mol. The number of benzene rings is 1.